The minimum absolute atomic E-state index is 0.403. The number of hydrazine groups is 1. The van der Waals surface area contributed by atoms with Gasteiger partial charge in [-0.05, 0) is 55.3 Å². The molecule has 0 saturated carbocycles. The molecule has 0 aliphatic carbocycles. The van der Waals surface area contributed by atoms with Crippen molar-refractivity contribution in [2.24, 2.45) is 5.84 Å². The highest BCUT2D eigenvalue weighted by molar-refractivity contribution is 6.31. The third-order valence-corrected chi connectivity index (χ3v) is 4.60. The lowest BCUT2D eigenvalue weighted by molar-refractivity contribution is -0.109. The van der Waals surface area contributed by atoms with Crippen molar-refractivity contribution < 1.29 is 9.53 Å². The van der Waals surface area contributed by atoms with Crippen LogP contribution >= 0.6 is 11.6 Å². The first-order valence-corrected chi connectivity index (χ1v) is 9.39. The molecule has 1 heterocycles. The molecule has 29 heavy (non-hydrogen) atoms. The molecule has 3 aromatic rings. The van der Waals surface area contributed by atoms with Crippen molar-refractivity contribution >= 4 is 23.7 Å². The highest BCUT2D eigenvalue weighted by Crippen LogP contribution is 2.29. The van der Waals surface area contributed by atoms with Crippen molar-refractivity contribution in [2.75, 3.05) is 12.4 Å². The molecule has 6 nitrogen and oxygen atoms in total. The number of hydrogen-bond acceptors (Lipinski definition) is 5. The number of nitrogens with one attached hydrogen (secondary N) is 2. The first kappa shape index (κ1) is 22.2. The fraction of sp³-hybridized carbons (Fsp3) is 0.182. The van der Waals surface area contributed by atoms with Crippen molar-refractivity contribution in [3.8, 4) is 16.9 Å². The number of aromatic nitrogens is 1. The molecule has 0 spiro atoms. The average Bonchev–Trinajstić information content (AvgIpc) is 2.74. The summed E-state index contributed by atoms with van der Waals surface area (Å²) in [6.07, 6.45) is 2.30. The highest BCUT2D eigenvalue weighted by Gasteiger charge is 2.09. The molecule has 2 aromatic carbocycles. The highest BCUT2D eigenvalue weighted by atomic mass is 35.5. The Kier molecular flexibility index (Phi) is 8.45. The summed E-state index contributed by atoms with van der Waals surface area (Å²) in [6.45, 7) is 4.45. The average molecular weight is 413 g/mol. The van der Waals surface area contributed by atoms with Crippen molar-refractivity contribution in [1.29, 1.82) is 0 Å². The van der Waals surface area contributed by atoms with Crippen LogP contribution in [-0.4, -0.2) is 18.4 Å². The van der Waals surface area contributed by atoms with Crippen LogP contribution in [0.5, 0.6) is 5.75 Å². The Bertz CT molecular complexity index is 946. The van der Waals surface area contributed by atoms with Crippen LogP contribution in [0, 0.1) is 13.8 Å². The molecule has 4 N–H and O–H groups in total. The van der Waals surface area contributed by atoms with Gasteiger partial charge in [-0.2, -0.15) is 0 Å². The summed E-state index contributed by atoms with van der Waals surface area (Å²) in [5, 5.41) is 3.85. The van der Waals surface area contributed by atoms with E-state index < -0.39 is 0 Å². The van der Waals surface area contributed by atoms with Gasteiger partial charge in [0.25, 0.3) is 0 Å². The number of nitrogens with two attached hydrogens (primary N) is 1. The third-order valence-electron chi connectivity index (χ3n) is 4.25. The number of rotatable bonds is 6. The van der Waals surface area contributed by atoms with Gasteiger partial charge in [-0.15, -0.1) is 0 Å². The number of ether oxygens (including phenoxy) is 1. The summed E-state index contributed by atoms with van der Waals surface area (Å²) >= 11 is 6.31. The maximum Gasteiger partial charge on any atom is 0.221 e. The van der Waals surface area contributed by atoms with Gasteiger partial charge in [-0.1, -0.05) is 29.8 Å². The van der Waals surface area contributed by atoms with Crippen molar-refractivity contribution in [3.05, 3.63) is 76.6 Å². The second-order valence-electron chi connectivity index (χ2n) is 6.26. The number of anilines is 1. The van der Waals surface area contributed by atoms with E-state index in [0.717, 1.165) is 39.4 Å². The molecular weight excluding hydrogens is 388 g/mol. The Morgan fingerprint density at radius 2 is 1.86 bits per heavy atom. The Morgan fingerprint density at radius 1 is 1.14 bits per heavy atom. The fourth-order valence-corrected chi connectivity index (χ4v) is 2.95. The van der Waals surface area contributed by atoms with Gasteiger partial charge < -0.3 is 10.1 Å². The van der Waals surface area contributed by atoms with Crippen molar-refractivity contribution in [1.82, 2.24) is 10.4 Å². The van der Waals surface area contributed by atoms with Crippen LogP contribution in [0.4, 0.5) is 5.69 Å². The predicted molar refractivity (Wildman–Crippen MR) is 118 cm³/mol. The van der Waals surface area contributed by atoms with Gasteiger partial charge in [0.1, 0.15) is 12.4 Å². The zero-order valence-corrected chi connectivity index (χ0v) is 17.5. The number of pyridine rings is 1. The molecule has 0 fully saturated rings. The molecule has 1 amide bonds. The molecule has 7 heteroatoms. The standard InChI is InChI=1S/C21H21ClN2O.CH4N2O/c1-14-11-16(17-8-7-15(2)24-12-17)9-10-21(14)25-13-18-19(22)5-4-6-20(18)23-3;2-3-1-4/h4-12,23H,13H2,1-3H3;1H,2H2,(H,3,4). The summed E-state index contributed by atoms with van der Waals surface area (Å²) in [5.74, 6) is 5.26. The van der Waals surface area contributed by atoms with Gasteiger partial charge in [0, 0.05) is 40.8 Å². The lowest BCUT2D eigenvalue weighted by Gasteiger charge is -2.14. The first-order valence-electron chi connectivity index (χ1n) is 9.01. The fourth-order valence-electron chi connectivity index (χ4n) is 2.72. The van der Waals surface area contributed by atoms with Gasteiger partial charge in [0.15, 0.2) is 0 Å². The summed E-state index contributed by atoms with van der Waals surface area (Å²) in [7, 11) is 1.88. The number of benzene rings is 2. The summed E-state index contributed by atoms with van der Waals surface area (Å²) in [6, 6.07) is 16.1. The van der Waals surface area contributed by atoms with E-state index in [0.29, 0.717) is 18.0 Å². The Labute approximate surface area is 176 Å². The molecule has 0 aliphatic rings. The molecule has 0 atom stereocenters. The molecule has 0 unspecified atom stereocenters. The number of amides is 1. The molecule has 3 rings (SSSR count). The number of nitrogens with zero attached hydrogens (tertiary/aromatic N) is 1. The lowest BCUT2D eigenvalue weighted by Crippen LogP contribution is -2.18. The maximum atomic E-state index is 8.94. The van der Waals surface area contributed by atoms with Crippen LogP contribution in [0.3, 0.4) is 0 Å². The predicted octanol–water partition coefficient (Wildman–Crippen LogP) is 4.25. The minimum atomic E-state index is 0.403. The van der Waals surface area contributed by atoms with E-state index in [2.05, 4.69) is 34.3 Å². The zero-order valence-electron chi connectivity index (χ0n) is 16.7. The maximum absolute atomic E-state index is 8.94. The normalized spacial score (nSPS) is 9.83. The molecule has 1 aromatic heterocycles. The van der Waals surface area contributed by atoms with E-state index in [1.54, 1.807) is 5.43 Å². The Morgan fingerprint density at radius 3 is 2.45 bits per heavy atom. The van der Waals surface area contributed by atoms with Crippen LogP contribution < -0.4 is 21.3 Å². The molecule has 0 saturated heterocycles. The first-order chi connectivity index (χ1) is 14.0. The van der Waals surface area contributed by atoms with Gasteiger partial charge in [-0.25, -0.2) is 5.84 Å². The van der Waals surface area contributed by atoms with E-state index in [4.69, 9.17) is 21.1 Å². The smallest absolute Gasteiger partial charge is 0.221 e. The summed E-state index contributed by atoms with van der Waals surface area (Å²) in [5.41, 5.74) is 8.01. The van der Waals surface area contributed by atoms with E-state index >= 15 is 0 Å². The zero-order chi connectivity index (χ0) is 21.2. The van der Waals surface area contributed by atoms with Crippen LogP contribution in [0.1, 0.15) is 16.8 Å². The Hall–Kier alpha value is -3.09. The summed E-state index contributed by atoms with van der Waals surface area (Å²) < 4.78 is 6.02. The molecular formula is C22H25ClN4O2. The second-order valence-corrected chi connectivity index (χ2v) is 6.66. The molecule has 0 aliphatic heterocycles. The van der Waals surface area contributed by atoms with Gasteiger partial charge in [-0.3, -0.25) is 15.2 Å². The quantitative estimate of drug-likeness (QED) is 0.244. The SMILES string of the molecule is CNc1cccc(Cl)c1COc1ccc(-c2ccc(C)nc2)cc1C.NNC=O. The largest absolute Gasteiger partial charge is 0.488 e. The number of halogens is 1. The van der Waals surface area contributed by atoms with E-state index in [-0.39, 0.29) is 0 Å². The third kappa shape index (κ3) is 6.20. The monoisotopic (exact) mass is 412 g/mol. The van der Waals surface area contributed by atoms with Crippen molar-refractivity contribution in [3.63, 3.8) is 0 Å². The lowest BCUT2D eigenvalue weighted by atomic mass is 10.0. The molecule has 0 bridgehead atoms. The van der Waals surface area contributed by atoms with E-state index in [1.165, 1.54) is 0 Å². The minimum Gasteiger partial charge on any atom is -0.488 e. The topological polar surface area (TPSA) is 89.3 Å². The van der Waals surface area contributed by atoms with Crippen LogP contribution in [0.15, 0.2) is 54.7 Å². The summed E-state index contributed by atoms with van der Waals surface area (Å²) in [4.78, 5) is 13.3. The van der Waals surface area contributed by atoms with Crippen LogP contribution in [0.2, 0.25) is 5.02 Å². The Balaban J connectivity index is 0.000000687. The van der Waals surface area contributed by atoms with Gasteiger partial charge in [0.2, 0.25) is 6.41 Å². The molecule has 152 valence electrons. The molecule has 0 radical (unpaired) electrons. The van der Waals surface area contributed by atoms with E-state index in [9.17, 15) is 0 Å². The number of carbonyl (C=O) groups excluding carboxylic acids is 1. The van der Waals surface area contributed by atoms with Crippen LogP contribution in [0.25, 0.3) is 11.1 Å². The van der Waals surface area contributed by atoms with E-state index in [1.807, 2.05) is 57.4 Å². The van der Waals surface area contributed by atoms with Crippen LogP contribution in [-0.2, 0) is 11.4 Å². The number of carbonyl (C=O) groups is 1. The van der Waals surface area contributed by atoms with Gasteiger partial charge >= 0.3 is 0 Å². The van der Waals surface area contributed by atoms with Gasteiger partial charge in [0.05, 0.1) is 0 Å². The number of aryl methyl sites for hydroxylation is 2. The van der Waals surface area contributed by atoms with Crippen molar-refractivity contribution in [2.45, 2.75) is 20.5 Å². The second kappa shape index (κ2) is 11.0. The number of hydrogen-bond donors (Lipinski definition) is 3.